The molecule has 5 nitrogen and oxygen atoms in total. The minimum atomic E-state index is 0. The van der Waals surface area contributed by atoms with E-state index in [2.05, 4.69) is 43.8 Å². The molecule has 7 heteroatoms. The van der Waals surface area contributed by atoms with Gasteiger partial charge in [-0.1, -0.05) is 17.8 Å². The number of hydrogen-bond acceptors (Lipinski definition) is 6. The Morgan fingerprint density at radius 2 is 2.10 bits per heavy atom. The Balaban J connectivity index is 0.00000132. The molecule has 0 saturated carbocycles. The first-order chi connectivity index (χ1) is 9.88. The number of halogens is 1. The van der Waals surface area contributed by atoms with Crippen LogP contribution in [0.1, 0.15) is 5.56 Å². The van der Waals surface area contributed by atoms with E-state index in [-0.39, 0.29) is 12.4 Å². The summed E-state index contributed by atoms with van der Waals surface area (Å²) in [5, 5.41) is 7.58. The Labute approximate surface area is 133 Å². The van der Waals surface area contributed by atoms with Crippen LogP contribution in [0.2, 0.25) is 0 Å². The highest BCUT2D eigenvalue weighted by Crippen LogP contribution is 2.41. The van der Waals surface area contributed by atoms with Gasteiger partial charge >= 0.3 is 0 Å². The third-order valence-electron chi connectivity index (χ3n) is 3.28. The van der Waals surface area contributed by atoms with E-state index < -0.39 is 0 Å². The summed E-state index contributed by atoms with van der Waals surface area (Å²) in [6.07, 6.45) is 4.28. The maximum absolute atomic E-state index is 4.44. The van der Waals surface area contributed by atoms with Gasteiger partial charge in [-0.25, -0.2) is 9.97 Å². The summed E-state index contributed by atoms with van der Waals surface area (Å²) in [7, 11) is 0. The maximum Gasteiger partial charge on any atom is 0.163 e. The van der Waals surface area contributed by atoms with E-state index in [1.54, 1.807) is 24.2 Å². The summed E-state index contributed by atoms with van der Waals surface area (Å²) in [6.45, 7) is 1.84. The molecule has 0 bridgehead atoms. The topological polar surface area (TPSA) is 62.2 Å². The van der Waals surface area contributed by atoms with Crippen LogP contribution in [0, 0.1) is 0 Å². The third-order valence-corrected chi connectivity index (χ3v) is 4.35. The summed E-state index contributed by atoms with van der Waals surface area (Å²) < 4.78 is 0. The third kappa shape index (κ3) is 2.82. The van der Waals surface area contributed by atoms with Crippen molar-refractivity contribution in [3.8, 4) is 0 Å². The summed E-state index contributed by atoms with van der Waals surface area (Å²) in [4.78, 5) is 14.3. The van der Waals surface area contributed by atoms with Crippen LogP contribution < -0.4 is 10.6 Å². The molecule has 0 fully saturated rings. The van der Waals surface area contributed by atoms with Crippen molar-refractivity contribution in [3.05, 3.63) is 36.2 Å². The fraction of sp³-hybridized carbons (Fsp3) is 0.214. The van der Waals surface area contributed by atoms with E-state index in [0.717, 1.165) is 41.9 Å². The minimum Gasteiger partial charge on any atom is -0.372 e. The van der Waals surface area contributed by atoms with E-state index in [1.165, 1.54) is 10.5 Å². The standard InChI is InChI=1S/C14H13N5S.ClH/c1-2-11-10(7-9(1)8-12-15-3-4-16-12)19-13-14(20-11)18-6-5-17-13;/h1-2,5-7H,3-4,8H2,(H,15,16)(H,17,19);1H. The van der Waals surface area contributed by atoms with E-state index in [9.17, 15) is 0 Å². The van der Waals surface area contributed by atoms with Gasteiger partial charge < -0.3 is 10.6 Å². The lowest BCUT2D eigenvalue weighted by atomic mass is 10.1. The van der Waals surface area contributed by atoms with Crippen molar-refractivity contribution in [2.75, 3.05) is 18.4 Å². The first-order valence-electron chi connectivity index (χ1n) is 6.54. The number of amidine groups is 1. The minimum absolute atomic E-state index is 0. The summed E-state index contributed by atoms with van der Waals surface area (Å²) >= 11 is 1.65. The molecule has 2 aromatic rings. The monoisotopic (exact) mass is 319 g/mol. The molecule has 2 aliphatic heterocycles. The van der Waals surface area contributed by atoms with Crippen molar-refractivity contribution in [1.29, 1.82) is 0 Å². The second-order valence-electron chi connectivity index (χ2n) is 4.70. The summed E-state index contributed by atoms with van der Waals surface area (Å²) in [5.74, 6) is 1.91. The molecule has 0 radical (unpaired) electrons. The van der Waals surface area contributed by atoms with Gasteiger partial charge in [-0.3, -0.25) is 4.99 Å². The van der Waals surface area contributed by atoms with Crippen LogP contribution in [-0.2, 0) is 6.42 Å². The zero-order valence-electron chi connectivity index (χ0n) is 11.2. The highest BCUT2D eigenvalue weighted by molar-refractivity contribution is 7.99. The van der Waals surface area contributed by atoms with Crippen molar-refractivity contribution in [2.24, 2.45) is 4.99 Å². The van der Waals surface area contributed by atoms with Gasteiger partial charge in [-0.05, 0) is 17.7 Å². The lowest BCUT2D eigenvalue weighted by Crippen LogP contribution is -2.20. The fourth-order valence-electron chi connectivity index (χ4n) is 2.35. The number of aromatic nitrogens is 2. The van der Waals surface area contributed by atoms with E-state index >= 15 is 0 Å². The first-order valence-corrected chi connectivity index (χ1v) is 7.36. The molecule has 108 valence electrons. The molecule has 0 saturated heterocycles. The first kappa shape index (κ1) is 14.2. The molecule has 0 aliphatic carbocycles. The van der Waals surface area contributed by atoms with Crippen LogP contribution in [0.25, 0.3) is 0 Å². The molecular weight excluding hydrogens is 306 g/mol. The normalized spacial score (nSPS) is 15.0. The largest absolute Gasteiger partial charge is 0.372 e. The number of nitrogens with zero attached hydrogens (tertiary/aromatic N) is 3. The van der Waals surface area contributed by atoms with Gasteiger partial charge in [0.05, 0.1) is 12.2 Å². The molecule has 0 spiro atoms. The number of nitrogens with one attached hydrogen (secondary N) is 2. The van der Waals surface area contributed by atoms with E-state index in [0.29, 0.717) is 0 Å². The molecular formula is C14H14ClN5S. The van der Waals surface area contributed by atoms with Crippen LogP contribution in [-0.4, -0.2) is 28.9 Å². The van der Waals surface area contributed by atoms with Crippen molar-refractivity contribution in [3.63, 3.8) is 0 Å². The zero-order valence-corrected chi connectivity index (χ0v) is 12.8. The van der Waals surface area contributed by atoms with Crippen LogP contribution in [0.15, 0.2) is 45.5 Å². The Morgan fingerprint density at radius 1 is 1.19 bits per heavy atom. The highest BCUT2D eigenvalue weighted by Gasteiger charge is 2.18. The molecule has 0 atom stereocenters. The van der Waals surface area contributed by atoms with Gasteiger partial charge in [0, 0.05) is 30.3 Å². The molecule has 3 heterocycles. The molecule has 1 aromatic heterocycles. The van der Waals surface area contributed by atoms with Crippen molar-refractivity contribution in [1.82, 2.24) is 15.3 Å². The lowest BCUT2D eigenvalue weighted by Gasteiger charge is -2.19. The van der Waals surface area contributed by atoms with Crippen molar-refractivity contribution >= 4 is 41.5 Å². The van der Waals surface area contributed by atoms with Gasteiger partial charge in [0.15, 0.2) is 5.82 Å². The average molecular weight is 320 g/mol. The quantitative estimate of drug-likeness (QED) is 0.760. The molecule has 0 unspecified atom stereocenters. The second kappa shape index (κ2) is 5.91. The number of anilines is 2. The Bertz CT molecular complexity index is 704. The number of aliphatic imine (C=N–C) groups is 1. The smallest absolute Gasteiger partial charge is 0.163 e. The number of rotatable bonds is 2. The summed E-state index contributed by atoms with van der Waals surface area (Å²) in [6, 6.07) is 6.45. The van der Waals surface area contributed by atoms with Gasteiger partial charge in [0.2, 0.25) is 0 Å². The van der Waals surface area contributed by atoms with Crippen molar-refractivity contribution in [2.45, 2.75) is 16.3 Å². The molecule has 4 rings (SSSR count). The molecule has 21 heavy (non-hydrogen) atoms. The molecule has 2 N–H and O–H groups in total. The zero-order chi connectivity index (χ0) is 13.4. The van der Waals surface area contributed by atoms with E-state index in [4.69, 9.17) is 0 Å². The Morgan fingerprint density at radius 3 is 2.95 bits per heavy atom. The van der Waals surface area contributed by atoms with Gasteiger partial charge in [-0.2, -0.15) is 0 Å². The predicted octanol–water partition coefficient (Wildman–Crippen LogP) is 2.65. The second-order valence-corrected chi connectivity index (χ2v) is 5.73. The lowest BCUT2D eigenvalue weighted by molar-refractivity contribution is 0.953. The maximum atomic E-state index is 4.44. The predicted molar refractivity (Wildman–Crippen MR) is 87.1 cm³/mol. The molecule has 0 amide bonds. The Hall–Kier alpha value is -1.79. The Kier molecular flexibility index (Phi) is 3.98. The van der Waals surface area contributed by atoms with Crippen LogP contribution in [0.4, 0.5) is 11.5 Å². The SMILES string of the molecule is Cl.c1cnc2c(n1)Nc1cc(CC3=NCCN3)ccc1S2. The van der Waals surface area contributed by atoms with Gasteiger partial charge in [0.1, 0.15) is 10.9 Å². The molecule has 1 aromatic carbocycles. The van der Waals surface area contributed by atoms with Crippen molar-refractivity contribution < 1.29 is 0 Å². The number of benzene rings is 1. The average Bonchev–Trinajstić information content (AvgIpc) is 2.98. The number of fused-ring (bicyclic) bond motifs is 2. The van der Waals surface area contributed by atoms with E-state index in [1.807, 2.05) is 0 Å². The van der Waals surface area contributed by atoms with Crippen LogP contribution in [0.5, 0.6) is 0 Å². The van der Waals surface area contributed by atoms with Gasteiger partial charge in [-0.15, -0.1) is 12.4 Å². The van der Waals surface area contributed by atoms with Gasteiger partial charge in [0.25, 0.3) is 0 Å². The van der Waals surface area contributed by atoms with Crippen LogP contribution in [0.3, 0.4) is 0 Å². The van der Waals surface area contributed by atoms with Crippen LogP contribution >= 0.6 is 24.2 Å². The fourth-order valence-corrected chi connectivity index (χ4v) is 3.23. The summed E-state index contributed by atoms with van der Waals surface area (Å²) in [5.41, 5.74) is 2.34. The molecule has 2 aliphatic rings. The highest BCUT2D eigenvalue weighted by atomic mass is 35.5. The number of hydrogen-bond donors (Lipinski definition) is 2.